The van der Waals surface area contributed by atoms with Gasteiger partial charge in [-0.2, -0.15) is 11.8 Å². The summed E-state index contributed by atoms with van der Waals surface area (Å²) in [6.07, 6.45) is 10.2. The summed E-state index contributed by atoms with van der Waals surface area (Å²) in [6.45, 7) is 8.63. The maximum Gasteiger partial charge on any atom is 0.408 e. The number of carbonyl (C=O) groups is 2. The molecule has 1 atom stereocenters. The highest BCUT2D eigenvalue weighted by atomic mass is 32.2. The summed E-state index contributed by atoms with van der Waals surface area (Å²) in [7, 11) is 0. The number of nitrogens with one attached hydrogen (secondary N) is 1. The van der Waals surface area contributed by atoms with Gasteiger partial charge >= 0.3 is 12.1 Å². The van der Waals surface area contributed by atoms with Gasteiger partial charge in [0.2, 0.25) is 0 Å². The SMILES string of the molecule is C.CC(C)=CCC/C(C)=C/CC/C(C)=C/CSC[C@H](NC(=O)OCc1ccccc1)C(=O)O. The van der Waals surface area contributed by atoms with E-state index >= 15 is 0 Å². The molecule has 0 heterocycles. The summed E-state index contributed by atoms with van der Waals surface area (Å²) in [4.78, 5) is 23.4. The van der Waals surface area contributed by atoms with Crippen LogP contribution in [0.1, 0.15) is 66.4 Å². The molecule has 0 fully saturated rings. The van der Waals surface area contributed by atoms with E-state index in [1.54, 1.807) is 0 Å². The number of allylic oxidation sites excluding steroid dienone is 5. The fraction of sp³-hybridized carbons (Fsp3) is 0.481. The van der Waals surface area contributed by atoms with Crippen LogP contribution in [0, 0.1) is 0 Å². The number of carboxylic acids is 1. The van der Waals surface area contributed by atoms with Crippen LogP contribution >= 0.6 is 11.8 Å². The van der Waals surface area contributed by atoms with E-state index in [0.717, 1.165) is 31.2 Å². The van der Waals surface area contributed by atoms with Crippen LogP contribution in [-0.2, 0) is 16.1 Å². The van der Waals surface area contributed by atoms with Crippen molar-refractivity contribution >= 4 is 23.8 Å². The van der Waals surface area contributed by atoms with Crippen LogP contribution in [0.25, 0.3) is 0 Å². The Hall–Kier alpha value is -2.47. The van der Waals surface area contributed by atoms with Crippen molar-refractivity contribution in [3.63, 3.8) is 0 Å². The molecule has 0 radical (unpaired) electrons. The van der Waals surface area contributed by atoms with Crippen molar-refractivity contribution in [2.45, 2.75) is 73.5 Å². The smallest absolute Gasteiger partial charge is 0.408 e. The molecule has 1 rings (SSSR count). The number of hydrogen-bond acceptors (Lipinski definition) is 4. The largest absolute Gasteiger partial charge is 0.480 e. The zero-order valence-electron chi connectivity index (χ0n) is 19.7. The van der Waals surface area contributed by atoms with Gasteiger partial charge in [-0.25, -0.2) is 9.59 Å². The lowest BCUT2D eigenvalue weighted by atomic mass is 10.1. The van der Waals surface area contributed by atoms with E-state index in [9.17, 15) is 14.7 Å². The molecule has 1 aromatic carbocycles. The van der Waals surface area contributed by atoms with Crippen molar-refractivity contribution in [2.75, 3.05) is 11.5 Å². The number of aliphatic carboxylic acids is 1. The lowest BCUT2D eigenvalue weighted by Gasteiger charge is -2.14. The Morgan fingerprint density at radius 1 is 1.00 bits per heavy atom. The molecule has 33 heavy (non-hydrogen) atoms. The standard InChI is InChI=1S/C26H37NO4S.CH4/c1-20(2)10-8-11-21(3)12-9-13-22(4)16-17-32-19-24(25(28)29)27-26(30)31-18-23-14-6-5-7-15-23;/h5-7,10,12,14-16,24H,8-9,11,13,17-19H2,1-4H3,(H,27,30)(H,28,29);1H4/b21-12+,22-16+;/t24-;/m0./s1. The summed E-state index contributed by atoms with van der Waals surface area (Å²) in [5.74, 6) is -0.0775. The summed E-state index contributed by atoms with van der Waals surface area (Å²) in [5.41, 5.74) is 4.91. The maximum absolute atomic E-state index is 11.9. The van der Waals surface area contributed by atoms with Crippen LogP contribution in [0.4, 0.5) is 4.79 Å². The normalized spacial score (nSPS) is 12.4. The third-order valence-corrected chi connectivity index (χ3v) is 5.73. The van der Waals surface area contributed by atoms with Gasteiger partial charge in [0, 0.05) is 11.5 Å². The maximum atomic E-state index is 11.9. The van der Waals surface area contributed by atoms with Crippen molar-refractivity contribution in [1.29, 1.82) is 0 Å². The van der Waals surface area contributed by atoms with Crippen molar-refractivity contribution < 1.29 is 19.4 Å². The number of carbonyl (C=O) groups excluding carboxylic acids is 1. The Kier molecular flexibility index (Phi) is 16.7. The van der Waals surface area contributed by atoms with Crippen LogP contribution in [0.15, 0.2) is 65.3 Å². The van der Waals surface area contributed by atoms with Crippen LogP contribution in [0.3, 0.4) is 0 Å². The highest BCUT2D eigenvalue weighted by molar-refractivity contribution is 7.99. The third kappa shape index (κ3) is 15.9. The van der Waals surface area contributed by atoms with E-state index < -0.39 is 18.1 Å². The summed E-state index contributed by atoms with van der Waals surface area (Å²) in [5, 5.41) is 11.8. The highest BCUT2D eigenvalue weighted by Gasteiger charge is 2.20. The average molecular weight is 476 g/mol. The molecule has 0 aromatic heterocycles. The zero-order valence-corrected chi connectivity index (χ0v) is 20.5. The van der Waals surface area contributed by atoms with Gasteiger partial charge in [-0.1, -0.05) is 72.7 Å². The van der Waals surface area contributed by atoms with Gasteiger partial charge in [-0.15, -0.1) is 0 Å². The monoisotopic (exact) mass is 475 g/mol. The minimum Gasteiger partial charge on any atom is -0.480 e. The Balaban J connectivity index is 0.0000102. The van der Waals surface area contributed by atoms with E-state index in [0.29, 0.717) is 5.75 Å². The van der Waals surface area contributed by atoms with Crippen molar-refractivity contribution in [3.05, 3.63) is 70.8 Å². The molecule has 0 bridgehead atoms. The lowest BCUT2D eigenvalue weighted by Crippen LogP contribution is -2.42. The fourth-order valence-corrected chi connectivity index (χ4v) is 3.81. The number of amides is 1. The predicted molar refractivity (Wildman–Crippen MR) is 141 cm³/mol. The molecular weight excluding hydrogens is 434 g/mol. The second kappa shape index (κ2) is 18.0. The number of benzene rings is 1. The first kappa shape index (κ1) is 30.5. The first-order valence-corrected chi connectivity index (χ1v) is 12.2. The van der Waals surface area contributed by atoms with E-state index in [2.05, 4.69) is 51.2 Å². The van der Waals surface area contributed by atoms with E-state index in [-0.39, 0.29) is 19.8 Å². The van der Waals surface area contributed by atoms with Gasteiger partial charge in [-0.3, -0.25) is 0 Å². The molecule has 0 aliphatic heterocycles. The molecule has 1 amide bonds. The Bertz CT molecular complexity index is 796. The number of hydrogen-bond donors (Lipinski definition) is 2. The summed E-state index contributed by atoms with van der Waals surface area (Å²) in [6, 6.07) is 8.28. The number of thioether (sulfide) groups is 1. The first-order valence-electron chi connectivity index (χ1n) is 11.0. The number of rotatable bonds is 14. The Morgan fingerprint density at radius 3 is 2.21 bits per heavy atom. The zero-order chi connectivity index (χ0) is 23.8. The molecule has 5 nitrogen and oxygen atoms in total. The van der Waals surface area contributed by atoms with Gasteiger partial charge < -0.3 is 15.2 Å². The van der Waals surface area contributed by atoms with Gasteiger partial charge in [0.25, 0.3) is 0 Å². The van der Waals surface area contributed by atoms with E-state index in [1.165, 1.54) is 28.5 Å². The quantitative estimate of drug-likeness (QED) is 0.221. The lowest BCUT2D eigenvalue weighted by molar-refractivity contribution is -0.138. The van der Waals surface area contributed by atoms with Crippen LogP contribution < -0.4 is 5.32 Å². The third-order valence-electron chi connectivity index (χ3n) is 4.76. The fourth-order valence-electron chi connectivity index (χ4n) is 2.81. The molecule has 0 spiro atoms. The highest BCUT2D eigenvalue weighted by Crippen LogP contribution is 2.13. The van der Waals surface area contributed by atoms with Crippen LogP contribution in [-0.4, -0.2) is 34.7 Å². The van der Waals surface area contributed by atoms with Gasteiger partial charge in [0.15, 0.2) is 0 Å². The van der Waals surface area contributed by atoms with Crippen molar-refractivity contribution in [2.24, 2.45) is 0 Å². The molecular formula is C27H41NO4S. The topological polar surface area (TPSA) is 75.6 Å². The molecule has 2 N–H and O–H groups in total. The molecule has 0 saturated heterocycles. The van der Waals surface area contributed by atoms with E-state index in [4.69, 9.17) is 4.74 Å². The molecule has 1 aromatic rings. The van der Waals surface area contributed by atoms with Crippen LogP contribution in [0.2, 0.25) is 0 Å². The molecule has 184 valence electrons. The van der Waals surface area contributed by atoms with Crippen LogP contribution in [0.5, 0.6) is 0 Å². The number of ether oxygens (including phenoxy) is 1. The van der Waals surface area contributed by atoms with Gasteiger partial charge in [-0.05, 0) is 58.9 Å². The minimum absolute atomic E-state index is 0. The number of carboxylic acid groups (broad SMARTS) is 1. The molecule has 0 unspecified atom stereocenters. The summed E-state index contributed by atoms with van der Waals surface area (Å²) < 4.78 is 5.11. The minimum atomic E-state index is -1.07. The summed E-state index contributed by atoms with van der Waals surface area (Å²) >= 11 is 1.48. The van der Waals surface area contributed by atoms with Crippen molar-refractivity contribution in [1.82, 2.24) is 5.32 Å². The Morgan fingerprint density at radius 2 is 1.61 bits per heavy atom. The second-order valence-corrected chi connectivity index (χ2v) is 9.17. The second-order valence-electron chi connectivity index (χ2n) is 8.09. The first-order chi connectivity index (χ1) is 15.3. The molecule has 0 saturated carbocycles. The van der Waals surface area contributed by atoms with Gasteiger partial charge in [0.05, 0.1) is 0 Å². The molecule has 0 aliphatic rings. The molecule has 0 aliphatic carbocycles. The molecule has 6 heteroatoms. The predicted octanol–water partition coefficient (Wildman–Crippen LogP) is 7.15. The van der Waals surface area contributed by atoms with Gasteiger partial charge in [0.1, 0.15) is 12.6 Å². The van der Waals surface area contributed by atoms with Crippen molar-refractivity contribution in [3.8, 4) is 0 Å². The van der Waals surface area contributed by atoms with E-state index in [1.807, 2.05) is 30.3 Å². The average Bonchev–Trinajstić information content (AvgIpc) is 2.74. The Labute approximate surface area is 204 Å². The number of alkyl carbamates (subject to hydrolysis) is 1.